The van der Waals surface area contributed by atoms with Crippen molar-refractivity contribution in [2.45, 2.75) is 70.8 Å². The van der Waals surface area contributed by atoms with Crippen molar-refractivity contribution in [2.24, 2.45) is 11.0 Å². The molecule has 2 saturated carbocycles. The van der Waals surface area contributed by atoms with Crippen molar-refractivity contribution in [2.75, 3.05) is 0 Å². The standard InChI is InChI=1S/C14H25N3S/c1-11-7-5-6-10-13(11)15-14(18)17-16-12-8-3-2-4-9-12/h11,13H,2-10H2,1H3,(H2,15,17,18)/t11-,13+/m1/s1. The van der Waals surface area contributed by atoms with Gasteiger partial charge in [0.15, 0.2) is 5.11 Å². The molecule has 102 valence electrons. The maximum absolute atomic E-state index is 5.33. The number of thiocarbonyl (C=S) groups is 1. The summed E-state index contributed by atoms with van der Waals surface area (Å²) in [6.45, 7) is 2.31. The highest BCUT2D eigenvalue weighted by Gasteiger charge is 2.21. The summed E-state index contributed by atoms with van der Waals surface area (Å²) in [5, 5.41) is 8.56. The van der Waals surface area contributed by atoms with Gasteiger partial charge in [-0.15, -0.1) is 0 Å². The van der Waals surface area contributed by atoms with Gasteiger partial charge >= 0.3 is 0 Å². The summed E-state index contributed by atoms with van der Waals surface area (Å²) in [5.41, 5.74) is 4.31. The molecule has 0 saturated heterocycles. The van der Waals surface area contributed by atoms with Crippen molar-refractivity contribution in [3.63, 3.8) is 0 Å². The van der Waals surface area contributed by atoms with Crippen LogP contribution in [-0.2, 0) is 0 Å². The quantitative estimate of drug-likeness (QED) is 0.595. The van der Waals surface area contributed by atoms with E-state index in [1.165, 1.54) is 50.7 Å². The van der Waals surface area contributed by atoms with Gasteiger partial charge in [-0.1, -0.05) is 26.2 Å². The van der Waals surface area contributed by atoms with Crippen LogP contribution >= 0.6 is 12.2 Å². The Kier molecular flexibility index (Phi) is 5.42. The molecule has 0 aromatic carbocycles. The van der Waals surface area contributed by atoms with Gasteiger partial charge in [0.25, 0.3) is 0 Å². The molecular formula is C14H25N3S. The molecule has 0 unspecified atom stereocenters. The molecule has 2 aliphatic carbocycles. The minimum Gasteiger partial charge on any atom is -0.358 e. The molecule has 0 heterocycles. The molecule has 2 N–H and O–H groups in total. The van der Waals surface area contributed by atoms with E-state index in [2.05, 4.69) is 22.8 Å². The van der Waals surface area contributed by atoms with Crippen molar-refractivity contribution in [3.8, 4) is 0 Å². The molecule has 2 fully saturated rings. The molecule has 2 aliphatic rings. The van der Waals surface area contributed by atoms with E-state index >= 15 is 0 Å². The maximum Gasteiger partial charge on any atom is 0.187 e. The second kappa shape index (κ2) is 7.07. The molecule has 0 aromatic heterocycles. The van der Waals surface area contributed by atoms with E-state index in [1.807, 2.05) is 0 Å². The van der Waals surface area contributed by atoms with E-state index < -0.39 is 0 Å². The molecule has 0 radical (unpaired) electrons. The van der Waals surface area contributed by atoms with Crippen molar-refractivity contribution in [1.29, 1.82) is 0 Å². The van der Waals surface area contributed by atoms with E-state index in [1.54, 1.807) is 0 Å². The van der Waals surface area contributed by atoms with Gasteiger partial charge in [0, 0.05) is 11.8 Å². The topological polar surface area (TPSA) is 36.4 Å². The number of hydrogen-bond donors (Lipinski definition) is 2. The van der Waals surface area contributed by atoms with E-state index in [-0.39, 0.29) is 0 Å². The summed E-state index contributed by atoms with van der Waals surface area (Å²) in [5.74, 6) is 0.723. The molecular weight excluding hydrogens is 242 g/mol. The fraction of sp³-hybridized carbons (Fsp3) is 0.857. The Morgan fingerprint density at radius 3 is 2.56 bits per heavy atom. The largest absolute Gasteiger partial charge is 0.358 e. The Labute approximate surface area is 116 Å². The fourth-order valence-corrected chi connectivity index (χ4v) is 3.13. The van der Waals surface area contributed by atoms with Gasteiger partial charge in [0.05, 0.1) is 0 Å². The van der Waals surface area contributed by atoms with Crippen LogP contribution in [0.15, 0.2) is 5.10 Å². The number of nitrogens with one attached hydrogen (secondary N) is 2. The Morgan fingerprint density at radius 2 is 1.83 bits per heavy atom. The van der Waals surface area contributed by atoms with Crippen LogP contribution in [0, 0.1) is 5.92 Å². The number of hydrogen-bond acceptors (Lipinski definition) is 2. The Bertz CT molecular complexity index is 306. The summed E-state index contributed by atoms with van der Waals surface area (Å²) in [7, 11) is 0. The third-order valence-electron chi connectivity index (χ3n) is 4.17. The van der Waals surface area contributed by atoms with E-state index in [0.717, 1.165) is 18.8 Å². The third kappa shape index (κ3) is 4.23. The lowest BCUT2D eigenvalue weighted by Crippen LogP contribution is -2.44. The predicted octanol–water partition coefficient (Wildman–Crippen LogP) is 3.35. The zero-order valence-corrected chi connectivity index (χ0v) is 12.2. The minimum absolute atomic E-state index is 0.533. The first-order chi connectivity index (χ1) is 8.75. The van der Waals surface area contributed by atoms with Gasteiger partial charge in [-0.2, -0.15) is 5.10 Å². The van der Waals surface area contributed by atoms with Crippen molar-refractivity contribution in [1.82, 2.24) is 10.7 Å². The fourth-order valence-electron chi connectivity index (χ4n) is 2.93. The lowest BCUT2D eigenvalue weighted by atomic mass is 9.86. The van der Waals surface area contributed by atoms with Gasteiger partial charge in [-0.05, 0) is 56.7 Å². The number of hydrazone groups is 1. The summed E-state index contributed by atoms with van der Waals surface area (Å²) in [6, 6.07) is 0.533. The number of nitrogens with zero attached hydrogens (tertiary/aromatic N) is 1. The van der Waals surface area contributed by atoms with Crippen LogP contribution in [0.4, 0.5) is 0 Å². The molecule has 0 bridgehead atoms. The van der Waals surface area contributed by atoms with Crippen LogP contribution in [0.5, 0.6) is 0 Å². The lowest BCUT2D eigenvalue weighted by Gasteiger charge is -2.30. The zero-order chi connectivity index (χ0) is 12.8. The van der Waals surface area contributed by atoms with Crippen LogP contribution in [0.1, 0.15) is 64.7 Å². The highest BCUT2D eigenvalue weighted by Crippen LogP contribution is 2.23. The van der Waals surface area contributed by atoms with Gasteiger partial charge in [-0.25, -0.2) is 0 Å². The normalized spacial score (nSPS) is 28.6. The molecule has 18 heavy (non-hydrogen) atoms. The molecule has 0 aliphatic heterocycles. The predicted molar refractivity (Wildman–Crippen MR) is 80.8 cm³/mol. The molecule has 0 spiro atoms. The smallest absolute Gasteiger partial charge is 0.187 e. The van der Waals surface area contributed by atoms with Crippen LogP contribution in [0.2, 0.25) is 0 Å². The molecule has 2 rings (SSSR count). The van der Waals surface area contributed by atoms with Crippen LogP contribution in [0.25, 0.3) is 0 Å². The first-order valence-corrected chi connectivity index (χ1v) is 7.78. The molecule has 0 aromatic rings. The van der Waals surface area contributed by atoms with Gasteiger partial charge in [-0.3, -0.25) is 5.43 Å². The molecule has 4 heteroatoms. The summed E-state index contributed by atoms with van der Waals surface area (Å²) in [4.78, 5) is 0. The first-order valence-electron chi connectivity index (χ1n) is 7.37. The van der Waals surface area contributed by atoms with E-state index in [0.29, 0.717) is 11.2 Å². The minimum atomic E-state index is 0.533. The van der Waals surface area contributed by atoms with Gasteiger partial charge in [0.2, 0.25) is 0 Å². The summed E-state index contributed by atoms with van der Waals surface area (Å²) >= 11 is 5.33. The zero-order valence-electron chi connectivity index (χ0n) is 11.4. The van der Waals surface area contributed by atoms with Crippen LogP contribution in [0.3, 0.4) is 0 Å². The highest BCUT2D eigenvalue weighted by molar-refractivity contribution is 7.80. The highest BCUT2D eigenvalue weighted by atomic mass is 32.1. The monoisotopic (exact) mass is 267 g/mol. The summed E-state index contributed by atoms with van der Waals surface area (Å²) in [6.07, 6.45) is 11.4. The Morgan fingerprint density at radius 1 is 1.11 bits per heavy atom. The van der Waals surface area contributed by atoms with E-state index in [9.17, 15) is 0 Å². The van der Waals surface area contributed by atoms with Gasteiger partial charge in [0.1, 0.15) is 0 Å². The van der Waals surface area contributed by atoms with E-state index in [4.69, 9.17) is 12.2 Å². The second-order valence-corrected chi connectivity index (χ2v) is 6.10. The van der Waals surface area contributed by atoms with Gasteiger partial charge < -0.3 is 5.32 Å². The average Bonchev–Trinajstić information content (AvgIpc) is 2.40. The first kappa shape index (κ1) is 13.8. The maximum atomic E-state index is 5.33. The van der Waals surface area contributed by atoms with Crippen LogP contribution < -0.4 is 10.7 Å². The second-order valence-electron chi connectivity index (χ2n) is 5.69. The summed E-state index contributed by atoms with van der Waals surface area (Å²) < 4.78 is 0. The third-order valence-corrected chi connectivity index (χ3v) is 4.38. The van der Waals surface area contributed by atoms with Crippen molar-refractivity contribution >= 4 is 23.0 Å². The lowest BCUT2D eigenvalue weighted by molar-refractivity contribution is 0.308. The Hall–Kier alpha value is -0.640. The number of rotatable bonds is 2. The van der Waals surface area contributed by atoms with Crippen LogP contribution in [-0.4, -0.2) is 16.9 Å². The molecule has 0 amide bonds. The average molecular weight is 267 g/mol. The SMILES string of the molecule is C[C@@H]1CCCC[C@@H]1NC(=S)NN=C1CCCCC1. The molecule has 3 nitrogen and oxygen atoms in total. The van der Waals surface area contributed by atoms with Crippen molar-refractivity contribution in [3.05, 3.63) is 0 Å². The Balaban J connectivity index is 1.74. The molecule has 2 atom stereocenters. The van der Waals surface area contributed by atoms with Crippen molar-refractivity contribution < 1.29 is 0 Å².